The van der Waals surface area contributed by atoms with Crippen molar-refractivity contribution < 1.29 is 4.79 Å². The van der Waals surface area contributed by atoms with Gasteiger partial charge in [-0.15, -0.1) is 0 Å². The number of Topliss-reactive ketones (excluding diaryl/α,β-unsaturated/α-hetero) is 1. The van der Waals surface area contributed by atoms with E-state index in [0.717, 1.165) is 16.8 Å². The molecule has 2 aromatic carbocycles. The van der Waals surface area contributed by atoms with Crippen molar-refractivity contribution in [2.75, 3.05) is 0 Å². The SMILES string of the molecule is CC(=O)c1nn(-c2ccccc2)cc1-c1ccc(Cl)cc1. The Balaban J connectivity index is 2.14. The smallest absolute Gasteiger partial charge is 0.180 e. The first-order chi connectivity index (χ1) is 10.1. The minimum Gasteiger partial charge on any atom is -0.293 e. The van der Waals surface area contributed by atoms with Gasteiger partial charge >= 0.3 is 0 Å². The Labute approximate surface area is 127 Å². The van der Waals surface area contributed by atoms with Crippen molar-refractivity contribution in [3.8, 4) is 16.8 Å². The monoisotopic (exact) mass is 296 g/mol. The van der Waals surface area contributed by atoms with Crippen LogP contribution in [0.1, 0.15) is 17.4 Å². The quantitative estimate of drug-likeness (QED) is 0.672. The molecule has 4 heteroatoms. The van der Waals surface area contributed by atoms with E-state index in [9.17, 15) is 4.79 Å². The molecule has 0 N–H and O–H groups in total. The fourth-order valence-electron chi connectivity index (χ4n) is 2.19. The number of para-hydroxylation sites is 1. The molecule has 1 heterocycles. The Morgan fingerprint density at radius 2 is 1.71 bits per heavy atom. The summed E-state index contributed by atoms with van der Waals surface area (Å²) < 4.78 is 1.72. The molecule has 0 bridgehead atoms. The zero-order chi connectivity index (χ0) is 14.8. The highest BCUT2D eigenvalue weighted by Gasteiger charge is 2.15. The van der Waals surface area contributed by atoms with Crippen LogP contribution in [-0.4, -0.2) is 15.6 Å². The van der Waals surface area contributed by atoms with Crippen LogP contribution >= 0.6 is 11.6 Å². The fourth-order valence-corrected chi connectivity index (χ4v) is 2.31. The summed E-state index contributed by atoms with van der Waals surface area (Å²) in [7, 11) is 0. The van der Waals surface area contributed by atoms with E-state index in [1.807, 2.05) is 48.7 Å². The number of halogens is 1. The van der Waals surface area contributed by atoms with Crippen molar-refractivity contribution in [2.45, 2.75) is 6.92 Å². The maximum atomic E-state index is 11.8. The Morgan fingerprint density at radius 1 is 1.05 bits per heavy atom. The van der Waals surface area contributed by atoms with Crippen LogP contribution in [0.2, 0.25) is 5.02 Å². The molecule has 104 valence electrons. The Kier molecular flexibility index (Phi) is 3.59. The first kappa shape index (κ1) is 13.6. The molecule has 21 heavy (non-hydrogen) atoms. The van der Waals surface area contributed by atoms with Crippen LogP contribution in [0.5, 0.6) is 0 Å². The average Bonchev–Trinajstić information content (AvgIpc) is 2.94. The van der Waals surface area contributed by atoms with E-state index in [2.05, 4.69) is 5.10 Å². The molecule has 3 nitrogen and oxygen atoms in total. The summed E-state index contributed by atoms with van der Waals surface area (Å²) >= 11 is 5.91. The second-order valence-corrected chi connectivity index (χ2v) is 5.17. The maximum absolute atomic E-state index is 11.8. The molecule has 0 atom stereocenters. The zero-order valence-corrected chi connectivity index (χ0v) is 12.2. The third kappa shape index (κ3) is 2.73. The van der Waals surface area contributed by atoms with E-state index in [-0.39, 0.29) is 5.78 Å². The first-order valence-electron chi connectivity index (χ1n) is 6.57. The molecule has 0 aliphatic carbocycles. The molecule has 0 saturated carbocycles. The van der Waals surface area contributed by atoms with E-state index in [1.165, 1.54) is 6.92 Å². The van der Waals surface area contributed by atoms with Crippen molar-refractivity contribution >= 4 is 17.4 Å². The number of carbonyl (C=O) groups excluding carboxylic acids is 1. The normalized spacial score (nSPS) is 10.6. The molecule has 0 spiro atoms. The van der Waals surface area contributed by atoms with Gasteiger partial charge in [0.15, 0.2) is 5.78 Å². The summed E-state index contributed by atoms with van der Waals surface area (Å²) in [4.78, 5) is 11.8. The third-order valence-corrected chi connectivity index (χ3v) is 3.48. The Morgan fingerprint density at radius 3 is 2.33 bits per heavy atom. The number of nitrogens with zero attached hydrogens (tertiary/aromatic N) is 2. The highest BCUT2D eigenvalue weighted by atomic mass is 35.5. The van der Waals surface area contributed by atoms with Gasteiger partial charge in [-0.1, -0.05) is 41.9 Å². The van der Waals surface area contributed by atoms with Gasteiger partial charge in [-0.3, -0.25) is 4.79 Å². The molecular formula is C17H13ClN2O. The molecule has 0 fully saturated rings. The summed E-state index contributed by atoms with van der Waals surface area (Å²) in [6, 6.07) is 17.1. The van der Waals surface area contributed by atoms with Gasteiger partial charge in [0, 0.05) is 23.7 Å². The second-order valence-electron chi connectivity index (χ2n) is 4.73. The number of hydrogen-bond donors (Lipinski definition) is 0. The minimum absolute atomic E-state index is 0.0605. The molecule has 3 rings (SSSR count). The lowest BCUT2D eigenvalue weighted by molar-refractivity contribution is 0.101. The van der Waals surface area contributed by atoms with Gasteiger partial charge in [0.1, 0.15) is 5.69 Å². The molecule has 1 aromatic heterocycles. The van der Waals surface area contributed by atoms with Crippen LogP contribution in [0, 0.1) is 0 Å². The molecule has 0 amide bonds. The van der Waals surface area contributed by atoms with Gasteiger partial charge in [0.25, 0.3) is 0 Å². The van der Waals surface area contributed by atoms with Gasteiger partial charge in [-0.25, -0.2) is 4.68 Å². The standard InChI is InChI=1S/C17H13ClN2O/c1-12(21)17-16(13-7-9-14(18)10-8-13)11-20(19-17)15-5-3-2-4-6-15/h2-11H,1H3. The number of rotatable bonds is 3. The topological polar surface area (TPSA) is 34.9 Å². The minimum atomic E-state index is -0.0605. The predicted molar refractivity (Wildman–Crippen MR) is 84.0 cm³/mol. The Hall–Kier alpha value is -2.39. The van der Waals surface area contributed by atoms with Crippen LogP contribution < -0.4 is 0 Å². The van der Waals surface area contributed by atoms with Gasteiger partial charge in [-0.05, 0) is 29.8 Å². The van der Waals surface area contributed by atoms with Gasteiger partial charge in [0.2, 0.25) is 0 Å². The molecule has 0 radical (unpaired) electrons. The summed E-state index contributed by atoms with van der Waals surface area (Å²) in [5.74, 6) is -0.0605. The highest BCUT2D eigenvalue weighted by molar-refractivity contribution is 6.30. The average molecular weight is 297 g/mol. The fraction of sp³-hybridized carbons (Fsp3) is 0.0588. The number of aromatic nitrogens is 2. The van der Waals surface area contributed by atoms with Crippen LogP contribution in [-0.2, 0) is 0 Å². The molecule has 3 aromatic rings. The van der Waals surface area contributed by atoms with E-state index in [4.69, 9.17) is 11.6 Å². The number of hydrogen-bond acceptors (Lipinski definition) is 2. The van der Waals surface area contributed by atoms with E-state index < -0.39 is 0 Å². The van der Waals surface area contributed by atoms with Gasteiger partial charge in [0.05, 0.1) is 5.69 Å². The van der Waals surface area contributed by atoms with Crippen molar-refractivity contribution in [1.29, 1.82) is 0 Å². The van der Waals surface area contributed by atoms with Crippen molar-refractivity contribution in [3.63, 3.8) is 0 Å². The highest BCUT2D eigenvalue weighted by Crippen LogP contribution is 2.26. The summed E-state index contributed by atoms with van der Waals surface area (Å²) in [5.41, 5.74) is 3.11. The van der Waals surface area contributed by atoms with Crippen molar-refractivity contribution in [1.82, 2.24) is 9.78 Å². The van der Waals surface area contributed by atoms with E-state index in [1.54, 1.807) is 16.8 Å². The molecule has 0 saturated heterocycles. The van der Waals surface area contributed by atoms with Crippen LogP contribution in [0.3, 0.4) is 0 Å². The second kappa shape index (κ2) is 5.54. The van der Waals surface area contributed by atoms with Crippen LogP contribution in [0.15, 0.2) is 60.8 Å². The first-order valence-corrected chi connectivity index (χ1v) is 6.95. The Bertz CT molecular complexity index is 776. The molecule has 0 aliphatic rings. The lowest BCUT2D eigenvalue weighted by Gasteiger charge is -2.00. The maximum Gasteiger partial charge on any atom is 0.180 e. The number of carbonyl (C=O) groups is 1. The van der Waals surface area contributed by atoms with Crippen LogP contribution in [0.25, 0.3) is 16.8 Å². The van der Waals surface area contributed by atoms with E-state index in [0.29, 0.717) is 10.7 Å². The number of ketones is 1. The predicted octanol–water partition coefficient (Wildman–Crippen LogP) is 4.40. The lowest BCUT2D eigenvalue weighted by atomic mass is 10.1. The summed E-state index contributed by atoms with van der Waals surface area (Å²) in [6.45, 7) is 1.52. The van der Waals surface area contributed by atoms with Gasteiger partial charge < -0.3 is 0 Å². The van der Waals surface area contributed by atoms with Crippen LogP contribution in [0.4, 0.5) is 0 Å². The summed E-state index contributed by atoms with van der Waals surface area (Å²) in [6.07, 6.45) is 1.87. The lowest BCUT2D eigenvalue weighted by Crippen LogP contribution is -1.99. The van der Waals surface area contributed by atoms with Crippen molar-refractivity contribution in [2.24, 2.45) is 0 Å². The van der Waals surface area contributed by atoms with Crippen molar-refractivity contribution in [3.05, 3.63) is 71.5 Å². The number of benzene rings is 2. The zero-order valence-electron chi connectivity index (χ0n) is 11.5. The molecule has 0 unspecified atom stereocenters. The van der Waals surface area contributed by atoms with Gasteiger partial charge in [-0.2, -0.15) is 5.10 Å². The molecular weight excluding hydrogens is 284 g/mol. The largest absolute Gasteiger partial charge is 0.293 e. The van der Waals surface area contributed by atoms with E-state index >= 15 is 0 Å². The third-order valence-electron chi connectivity index (χ3n) is 3.22. The summed E-state index contributed by atoms with van der Waals surface area (Å²) in [5, 5.41) is 5.08. The molecule has 0 aliphatic heterocycles.